The Morgan fingerprint density at radius 2 is 1.81 bits per heavy atom. The number of rotatable bonds is 3. The third-order valence-corrected chi connectivity index (χ3v) is 4.55. The number of nitrogens with zero attached hydrogens (tertiary/aromatic N) is 2. The fourth-order valence-corrected chi connectivity index (χ4v) is 3.39. The normalized spacial score (nSPS) is 15.6. The summed E-state index contributed by atoms with van der Waals surface area (Å²) in [5, 5.41) is 13.7. The number of hydrogen-bond acceptors (Lipinski definition) is 5. The fourth-order valence-electron chi connectivity index (χ4n) is 3.39. The number of hydrogen-bond donors (Lipinski definition) is 1. The molecule has 5 nitrogen and oxygen atoms in total. The van der Waals surface area contributed by atoms with Crippen molar-refractivity contribution in [3.05, 3.63) is 71.1 Å². The van der Waals surface area contributed by atoms with E-state index in [-0.39, 0.29) is 18.0 Å². The molecule has 1 aliphatic rings. The Morgan fingerprint density at radius 3 is 2.50 bits per heavy atom. The molecule has 4 rings (SSSR count). The summed E-state index contributed by atoms with van der Waals surface area (Å²) in [5.41, 5.74) is 5.28. The molecule has 0 spiro atoms. The Kier molecular flexibility index (Phi) is 3.92. The van der Waals surface area contributed by atoms with Gasteiger partial charge in [0.25, 0.3) is 0 Å². The van der Waals surface area contributed by atoms with Crippen LogP contribution >= 0.6 is 0 Å². The van der Waals surface area contributed by atoms with Crippen molar-refractivity contribution in [1.29, 1.82) is 0 Å². The number of benzene rings is 2. The molecule has 130 valence electrons. The summed E-state index contributed by atoms with van der Waals surface area (Å²) >= 11 is 0. The van der Waals surface area contributed by atoms with E-state index in [1.807, 2.05) is 43.3 Å². The maximum atomic E-state index is 11.8. The van der Waals surface area contributed by atoms with Crippen molar-refractivity contribution in [1.82, 2.24) is 5.16 Å². The van der Waals surface area contributed by atoms with Gasteiger partial charge in [-0.2, -0.15) is 0 Å². The number of phenolic OH excluding ortho intramolecular Hbond substituents is 1. The number of carbonyl (C=O) groups is 1. The number of aromatic hydroxyl groups is 1. The molecule has 5 heteroatoms. The standard InChI is InChI=1S/C21H18N2O3/c1-12(24)11-18-21-19(13(2)23-26-21)16-5-3-4-6-17(16)20(22-18)14-7-9-15(25)10-8-14/h3-10,18,25H,11H2,1-2H3/t18-/m0/s1. The van der Waals surface area contributed by atoms with E-state index >= 15 is 0 Å². The molecule has 1 N–H and O–H groups in total. The average molecular weight is 346 g/mol. The third-order valence-electron chi connectivity index (χ3n) is 4.55. The highest BCUT2D eigenvalue weighted by molar-refractivity contribution is 6.17. The molecule has 2 heterocycles. The van der Waals surface area contributed by atoms with Gasteiger partial charge in [-0.15, -0.1) is 0 Å². The molecule has 2 aromatic carbocycles. The van der Waals surface area contributed by atoms with Crippen LogP contribution in [-0.4, -0.2) is 21.8 Å². The van der Waals surface area contributed by atoms with Crippen molar-refractivity contribution in [2.45, 2.75) is 26.3 Å². The van der Waals surface area contributed by atoms with Crippen LogP contribution in [0.3, 0.4) is 0 Å². The highest BCUT2D eigenvalue weighted by Gasteiger charge is 2.30. The van der Waals surface area contributed by atoms with Gasteiger partial charge in [-0.1, -0.05) is 29.4 Å². The van der Waals surface area contributed by atoms with Crippen molar-refractivity contribution in [2.75, 3.05) is 0 Å². The Hall–Kier alpha value is -3.21. The van der Waals surface area contributed by atoms with Crippen LogP contribution in [0.15, 0.2) is 58.0 Å². The summed E-state index contributed by atoms with van der Waals surface area (Å²) < 4.78 is 5.59. The molecule has 0 aliphatic carbocycles. The molecule has 0 fully saturated rings. The highest BCUT2D eigenvalue weighted by atomic mass is 16.5. The number of Topliss-reactive ketones (excluding diaryl/α,β-unsaturated/α-hetero) is 1. The molecule has 0 unspecified atom stereocenters. The number of aromatic nitrogens is 1. The lowest BCUT2D eigenvalue weighted by Gasteiger charge is -2.11. The van der Waals surface area contributed by atoms with Crippen LogP contribution in [0.1, 0.15) is 42.0 Å². The first-order valence-electron chi connectivity index (χ1n) is 8.47. The topological polar surface area (TPSA) is 75.7 Å². The average Bonchev–Trinajstić information content (AvgIpc) is 2.94. The van der Waals surface area contributed by atoms with Crippen LogP contribution in [0.25, 0.3) is 11.1 Å². The summed E-state index contributed by atoms with van der Waals surface area (Å²) in [6, 6.07) is 14.4. The summed E-state index contributed by atoms with van der Waals surface area (Å²) in [7, 11) is 0. The lowest BCUT2D eigenvalue weighted by atomic mass is 9.93. The fraction of sp³-hybridized carbons (Fsp3) is 0.190. The van der Waals surface area contributed by atoms with Gasteiger partial charge in [0.2, 0.25) is 0 Å². The summed E-state index contributed by atoms with van der Waals surface area (Å²) in [6.45, 7) is 3.45. The first-order chi connectivity index (χ1) is 12.5. The van der Waals surface area contributed by atoms with E-state index in [0.717, 1.165) is 33.7 Å². The molecule has 0 bridgehead atoms. The van der Waals surface area contributed by atoms with E-state index in [1.165, 1.54) is 0 Å². The molecule has 0 saturated carbocycles. The minimum Gasteiger partial charge on any atom is -0.508 e. The Bertz CT molecular complexity index is 1020. The van der Waals surface area contributed by atoms with E-state index in [1.54, 1.807) is 19.1 Å². The Balaban J connectivity index is 1.99. The predicted octanol–water partition coefficient (Wildman–Crippen LogP) is 4.23. The van der Waals surface area contributed by atoms with Gasteiger partial charge in [-0.05, 0) is 43.7 Å². The van der Waals surface area contributed by atoms with Gasteiger partial charge < -0.3 is 9.63 Å². The molecular formula is C21H18N2O3. The van der Waals surface area contributed by atoms with E-state index in [9.17, 15) is 9.90 Å². The van der Waals surface area contributed by atoms with E-state index in [2.05, 4.69) is 5.16 Å². The van der Waals surface area contributed by atoms with Crippen LogP contribution in [0.4, 0.5) is 0 Å². The molecule has 1 atom stereocenters. The van der Waals surface area contributed by atoms with Crippen molar-refractivity contribution >= 4 is 11.5 Å². The van der Waals surface area contributed by atoms with E-state index < -0.39 is 6.04 Å². The maximum Gasteiger partial charge on any atom is 0.169 e. The molecule has 26 heavy (non-hydrogen) atoms. The van der Waals surface area contributed by atoms with Crippen LogP contribution in [0.2, 0.25) is 0 Å². The van der Waals surface area contributed by atoms with Crippen LogP contribution in [0, 0.1) is 6.92 Å². The first kappa shape index (κ1) is 16.3. The maximum absolute atomic E-state index is 11.8. The zero-order valence-electron chi connectivity index (χ0n) is 14.6. The van der Waals surface area contributed by atoms with Gasteiger partial charge in [0.15, 0.2) is 5.76 Å². The minimum absolute atomic E-state index is 0.0368. The van der Waals surface area contributed by atoms with Gasteiger partial charge in [0.1, 0.15) is 17.6 Å². The number of aryl methyl sites for hydroxylation is 1. The number of carbonyl (C=O) groups excluding carboxylic acids is 1. The Labute approximate surface area is 151 Å². The van der Waals surface area contributed by atoms with Crippen molar-refractivity contribution in [3.8, 4) is 16.9 Å². The second-order valence-electron chi connectivity index (χ2n) is 6.50. The molecule has 3 aromatic rings. The van der Waals surface area contributed by atoms with Crippen LogP contribution in [0.5, 0.6) is 5.75 Å². The third kappa shape index (κ3) is 2.71. The van der Waals surface area contributed by atoms with E-state index in [4.69, 9.17) is 9.52 Å². The van der Waals surface area contributed by atoms with Gasteiger partial charge >= 0.3 is 0 Å². The first-order valence-corrected chi connectivity index (χ1v) is 8.47. The van der Waals surface area contributed by atoms with Gasteiger partial charge in [-0.3, -0.25) is 9.79 Å². The zero-order valence-corrected chi connectivity index (χ0v) is 14.6. The molecule has 0 saturated heterocycles. The second kappa shape index (κ2) is 6.26. The van der Waals surface area contributed by atoms with Gasteiger partial charge in [0, 0.05) is 17.5 Å². The largest absolute Gasteiger partial charge is 0.508 e. The summed E-state index contributed by atoms with van der Waals surface area (Å²) in [4.78, 5) is 16.7. The zero-order chi connectivity index (χ0) is 18.3. The second-order valence-corrected chi connectivity index (χ2v) is 6.50. The smallest absolute Gasteiger partial charge is 0.169 e. The summed E-state index contributed by atoms with van der Waals surface area (Å²) in [6.07, 6.45) is 0.247. The van der Waals surface area contributed by atoms with Crippen molar-refractivity contribution in [2.24, 2.45) is 4.99 Å². The number of fused-ring (bicyclic) bond motifs is 3. The molecule has 0 radical (unpaired) electrons. The number of aliphatic imine (C=N–C) groups is 1. The summed E-state index contributed by atoms with van der Waals surface area (Å²) in [5.74, 6) is 0.858. The van der Waals surface area contributed by atoms with Crippen LogP contribution in [-0.2, 0) is 4.79 Å². The highest BCUT2D eigenvalue weighted by Crippen LogP contribution is 2.40. The van der Waals surface area contributed by atoms with Gasteiger partial charge in [-0.25, -0.2) is 0 Å². The molecule has 0 amide bonds. The van der Waals surface area contributed by atoms with Crippen molar-refractivity contribution < 1.29 is 14.4 Å². The predicted molar refractivity (Wildman–Crippen MR) is 98.5 cm³/mol. The SMILES string of the molecule is CC(=O)C[C@@H]1N=C(c2ccc(O)cc2)c2ccccc2-c2c(C)noc21. The van der Waals surface area contributed by atoms with Crippen molar-refractivity contribution in [3.63, 3.8) is 0 Å². The lowest BCUT2D eigenvalue weighted by Crippen LogP contribution is -2.07. The van der Waals surface area contributed by atoms with E-state index in [0.29, 0.717) is 5.76 Å². The molecule has 1 aromatic heterocycles. The molecular weight excluding hydrogens is 328 g/mol. The Morgan fingerprint density at radius 1 is 1.12 bits per heavy atom. The number of phenols is 1. The monoisotopic (exact) mass is 346 g/mol. The van der Waals surface area contributed by atoms with Crippen LogP contribution < -0.4 is 0 Å². The quantitative estimate of drug-likeness (QED) is 0.770. The van der Waals surface area contributed by atoms with Gasteiger partial charge in [0.05, 0.1) is 17.0 Å². The molecule has 1 aliphatic heterocycles. The minimum atomic E-state index is -0.431. The number of ketones is 1. The lowest BCUT2D eigenvalue weighted by molar-refractivity contribution is -0.117.